The molecule has 2 rings (SSSR count). The molecule has 0 N–H and O–H groups in total. The Hall–Kier alpha value is -0.960. The summed E-state index contributed by atoms with van der Waals surface area (Å²) in [6.45, 7) is 4.08. The van der Waals surface area contributed by atoms with Crippen LogP contribution in [0.3, 0.4) is 0 Å². The van der Waals surface area contributed by atoms with E-state index in [2.05, 4.69) is 36.8 Å². The van der Waals surface area contributed by atoms with Crippen molar-refractivity contribution in [3.8, 4) is 0 Å². The van der Waals surface area contributed by atoms with Gasteiger partial charge >= 0.3 is 0 Å². The van der Waals surface area contributed by atoms with Crippen molar-refractivity contribution in [2.24, 2.45) is 7.05 Å². The second-order valence-corrected chi connectivity index (χ2v) is 3.78. The van der Waals surface area contributed by atoms with Gasteiger partial charge < -0.3 is 0 Å². The second-order valence-electron chi connectivity index (χ2n) is 3.34. The minimum absolute atomic E-state index is 1.03. The zero-order valence-electron chi connectivity index (χ0n) is 8.00. The lowest BCUT2D eigenvalue weighted by molar-refractivity contribution is 0.777. The fraction of sp³-hybridized carbons (Fsp3) is 0.300. The van der Waals surface area contributed by atoms with E-state index < -0.39 is 0 Å². The third-order valence-corrected chi connectivity index (χ3v) is 2.93. The van der Waals surface area contributed by atoms with Gasteiger partial charge in [0.05, 0.1) is 11.2 Å². The summed E-state index contributed by atoms with van der Waals surface area (Å²) in [5.74, 6) is 0. The van der Waals surface area contributed by atoms with Gasteiger partial charge in [-0.2, -0.15) is 5.10 Å². The Morgan fingerprint density at radius 3 is 2.69 bits per heavy atom. The molecule has 2 nitrogen and oxygen atoms in total. The van der Waals surface area contributed by atoms with Crippen LogP contribution < -0.4 is 0 Å². The van der Waals surface area contributed by atoms with E-state index in [1.165, 1.54) is 10.9 Å². The summed E-state index contributed by atoms with van der Waals surface area (Å²) in [7, 11) is 1.95. The molecule has 3 heteroatoms. The molecular weight excluding hydrogens is 180 g/mol. The van der Waals surface area contributed by atoms with Crippen molar-refractivity contribution >= 4 is 23.5 Å². The summed E-state index contributed by atoms with van der Waals surface area (Å²) in [4.78, 5) is 1.03. The molecule has 0 spiro atoms. The first-order valence-corrected chi connectivity index (χ1v) is 4.68. The number of hydrogen-bond donors (Lipinski definition) is 1. The molecule has 0 atom stereocenters. The van der Waals surface area contributed by atoms with Gasteiger partial charge in [0.25, 0.3) is 0 Å². The molecule has 1 aromatic heterocycles. The molecule has 0 fully saturated rings. The molecule has 0 amide bonds. The summed E-state index contributed by atoms with van der Waals surface area (Å²) >= 11 is 4.49. The summed E-state index contributed by atoms with van der Waals surface area (Å²) in [5, 5.41) is 5.55. The number of aryl methyl sites for hydroxylation is 3. The van der Waals surface area contributed by atoms with Crippen LogP contribution in [0.5, 0.6) is 0 Å². The summed E-state index contributed by atoms with van der Waals surface area (Å²) < 4.78 is 1.89. The van der Waals surface area contributed by atoms with Gasteiger partial charge in [0.2, 0.25) is 0 Å². The van der Waals surface area contributed by atoms with Gasteiger partial charge in [0, 0.05) is 17.3 Å². The predicted octanol–water partition coefficient (Wildman–Crippen LogP) is 2.48. The molecule has 2 aromatic rings. The standard InChI is InChI=1S/C10H12N2S/c1-6-4-5-8-7(2)11-12(3)9(8)10(6)13/h4-5,13H,1-3H3. The molecule has 0 bridgehead atoms. The molecule has 0 unspecified atom stereocenters. The smallest absolute Gasteiger partial charge is 0.0817 e. The van der Waals surface area contributed by atoms with Crippen molar-refractivity contribution in [3.05, 3.63) is 23.4 Å². The zero-order chi connectivity index (χ0) is 9.59. The molecule has 1 aromatic carbocycles. The van der Waals surface area contributed by atoms with E-state index in [-0.39, 0.29) is 0 Å². The minimum Gasteiger partial charge on any atom is -0.267 e. The van der Waals surface area contributed by atoms with Crippen LogP contribution in [0.15, 0.2) is 17.0 Å². The predicted molar refractivity (Wildman–Crippen MR) is 57.4 cm³/mol. The lowest BCUT2D eigenvalue weighted by Gasteiger charge is -2.01. The van der Waals surface area contributed by atoms with Crippen LogP contribution in [0.4, 0.5) is 0 Å². The van der Waals surface area contributed by atoms with Gasteiger partial charge in [0.15, 0.2) is 0 Å². The van der Waals surface area contributed by atoms with Crippen LogP contribution in [0.1, 0.15) is 11.3 Å². The van der Waals surface area contributed by atoms with Gasteiger partial charge in [0.1, 0.15) is 0 Å². The highest BCUT2D eigenvalue weighted by molar-refractivity contribution is 7.80. The molecule has 0 aliphatic rings. The van der Waals surface area contributed by atoms with Crippen LogP contribution in [-0.2, 0) is 7.05 Å². The van der Waals surface area contributed by atoms with Crippen LogP contribution >= 0.6 is 12.6 Å². The van der Waals surface area contributed by atoms with Crippen molar-refractivity contribution in [3.63, 3.8) is 0 Å². The number of hydrogen-bond acceptors (Lipinski definition) is 2. The van der Waals surface area contributed by atoms with Gasteiger partial charge in [-0.05, 0) is 19.4 Å². The minimum atomic E-state index is 1.03. The van der Waals surface area contributed by atoms with Gasteiger partial charge in [-0.3, -0.25) is 4.68 Å². The first-order valence-electron chi connectivity index (χ1n) is 4.23. The molecule has 0 aliphatic heterocycles. The van der Waals surface area contributed by atoms with Crippen molar-refractivity contribution in [1.29, 1.82) is 0 Å². The van der Waals surface area contributed by atoms with E-state index in [9.17, 15) is 0 Å². The number of nitrogens with zero attached hydrogens (tertiary/aromatic N) is 2. The fourth-order valence-corrected chi connectivity index (χ4v) is 1.97. The third kappa shape index (κ3) is 1.15. The Morgan fingerprint density at radius 1 is 1.31 bits per heavy atom. The van der Waals surface area contributed by atoms with E-state index in [0.29, 0.717) is 0 Å². The Labute approximate surface area is 83.0 Å². The largest absolute Gasteiger partial charge is 0.267 e. The van der Waals surface area contributed by atoms with Crippen LogP contribution in [-0.4, -0.2) is 9.78 Å². The first-order chi connectivity index (χ1) is 6.11. The highest BCUT2D eigenvalue weighted by atomic mass is 32.1. The Balaban J connectivity index is 2.98. The number of rotatable bonds is 0. The number of aromatic nitrogens is 2. The lowest BCUT2D eigenvalue weighted by atomic mass is 10.1. The monoisotopic (exact) mass is 192 g/mol. The highest BCUT2D eigenvalue weighted by Gasteiger charge is 2.08. The summed E-state index contributed by atoms with van der Waals surface area (Å²) in [6.07, 6.45) is 0. The van der Waals surface area contributed by atoms with E-state index in [1.54, 1.807) is 0 Å². The molecule has 0 radical (unpaired) electrons. The van der Waals surface area contributed by atoms with Gasteiger partial charge in [-0.25, -0.2) is 0 Å². The molecule has 68 valence electrons. The lowest BCUT2D eigenvalue weighted by Crippen LogP contribution is -1.91. The number of benzene rings is 1. The quantitative estimate of drug-likeness (QED) is 0.635. The summed E-state index contributed by atoms with van der Waals surface area (Å²) in [5.41, 5.74) is 3.38. The Morgan fingerprint density at radius 2 is 2.00 bits per heavy atom. The summed E-state index contributed by atoms with van der Waals surface area (Å²) in [6, 6.07) is 4.19. The van der Waals surface area contributed by atoms with E-state index in [1.807, 2.05) is 18.7 Å². The Bertz CT molecular complexity index is 471. The Kier molecular flexibility index (Phi) is 1.84. The third-order valence-electron chi connectivity index (χ3n) is 2.37. The topological polar surface area (TPSA) is 17.8 Å². The zero-order valence-corrected chi connectivity index (χ0v) is 8.89. The van der Waals surface area contributed by atoms with Crippen LogP contribution in [0.25, 0.3) is 10.9 Å². The molecule has 1 heterocycles. The van der Waals surface area contributed by atoms with Crippen molar-refractivity contribution in [1.82, 2.24) is 9.78 Å². The maximum Gasteiger partial charge on any atom is 0.0817 e. The molecule has 0 saturated heterocycles. The van der Waals surface area contributed by atoms with Crippen LogP contribution in [0.2, 0.25) is 0 Å². The first kappa shape index (κ1) is 8.63. The number of fused-ring (bicyclic) bond motifs is 1. The maximum atomic E-state index is 4.49. The normalized spacial score (nSPS) is 11.1. The van der Waals surface area contributed by atoms with Crippen molar-refractivity contribution in [2.45, 2.75) is 18.7 Å². The van der Waals surface area contributed by atoms with Crippen LogP contribution in [0, 0.1) is 13.8 Å². The maximum absolute atomic E-state index is 4.49. The second kappa shape index (κ2) is 2.77. The molecule has 0 aliphatic carbocycles. The molecule has 0 saturated carbocycles. The van der Waals surface area contributed by atoms with Crippen molar-refractivity contribution < 1.29 is 0 Å². The van der Waals surface area contributed by atoms with E-state index in [4.69, 9.17) is 0 Å². The highest BCUT2D eigenvalue weighted by Crippen LogP contribution is 2.26. The fourth-order valence-electron chi connectivity index (χ4n) is 1.63. The number of thiol groups is 1. The molecular formula is C10H12N2S. The van der Waals surface area contributed by atoms with Gasteiger partial charge in [-0.15, -0.1) is 12.6 Å². The van der Waals surface area contributed by atoms with Crippen molar-refractivity contribution in [2.75, 3.05) is 0 Å². The van der Waals surface area contributed by atoms with E-state index in [0.717, 1.165) is 16.1 Å². The average Bonchev–Trinajstić information content (AvgIpc) is 2.35. The molecule has 13 heavy (non-hydrogen) atoms. The van der Waals surface area contributed by atoms with Gasteiger partial charge in [-0.1, -0.05) is 12.1 Å². The average molecular weight is 192 g/mol. The van der Waals surface area contributed by atoms with E-state index >= 15 is 0 Å². The SMILES string of the molecule is Cc1ccc2c(C)nn(C)c2c1S.